The van der Waals surface area contributed by atoms with Crippen molar-refractivity contribution in [2.75, 3.05) is 0 Å². The number of nitrogens with zero attached hydrogens (tertiary/aromatic N) is 2. The fourth-order valence-electron chi connectivity index (χ4n) is 1.93. The molecular formula is C17H10Cl2F3N3O5. The summed E-state index contributed by atoms with van der Waals surface area (Å²) in [6, 6.07) is 12.4. The Morgan fingerprint density at radius 3 is 2.03 bits per heavy atom. The Hall–Kier alpha value is -3.31. The van der Waals surface area contributed by atoms with Crippen LogP contribution in [0.25, 0.3) is 11.1 Å². The molecule has 0 amide bonds. The molecule has 3 aromatic rings. The Bertz CT molecular complexity index is 1060. The van der Waals surface area contributed by atoms with Crippen molar-refractivity contribution in [2.24, 2.45) is 0 Å². The molecule has 158 valence electrons. The average molecular weight is 464 g/mol. The van der Waals surface area contributed by atoms with Gasteiger partial charge in [0, 0.05) is 0 Å². The lowest BCUT2D eigenvalue weighted by molar-refractivity contribution is -0.192. The van der Waals surface area contributed by atoms with Crippen LogP contribution in [0, 0.1) is 0 Å². The van der Waals surface area contributed by atoms with Crippen molar-refractivity contribution < 1.29 is 37.7 Å². The second kappa shape index (κ2) is 9.46. The van der Waals surface area contributed by atoms with Crippen LogP contribution in [0.1, 0.15) is 10.5 Å². The highest BCUT2D eigenvalue weighted by molar-refractivity contribution is 6.42. The van der Waals surface area contributed by atoms with E-state index >= 15 is 0 Å². The van der Waals surface area contributed by atoms with Gasteiger partial charge in [-0.25, -0.2) is 14.7 Å². The highest BCUT2D eigenvalue weighted by Crippen LogP contribution is 2.30. The zero-order valence-electron chi connectivity index (χ0n) is 14.4. The van der Waals surface area contributed by atoms with Gasteiger partial charge in [0.2, 0.25) is 5.69 Å². The highest BCUT2D eigenvalue weighted by atomic mass is 35.5. The minimum atomic E-state index is -5.08. The Labute approximate surface area is 175 Å². The minimum Gasteiger partial charge on any atom is -0.476 e. The average Bonchev–Trinajstić information content (AvgIpc) is 3.13. The summed E-state index contributed by atoms with van der Waals surface area (Å²) in [6.45, 7) is 0. The Morgan fingerprint density at radius 2 is 1.53 bits per heavy atom. The molecule has 0 aliphatic rings. The number of aliphatic carboxylic acids is 1. The predicted octanol–water partition coefficient (Wildman–Crippen LogP) is 4.90. The van der Waals surface area contributed by atoms with Crippen LogP contribution in [0.2, 0.25) is 10.0 Å². The molecule has 0 saturated carbocycles. The summed E-state index contributed by atoms with van der Waals surface area (Å²) >= 11 is 11.9. The van der Waals surface area contributed by atoms with E-state index in [9.17, 15) is 18.0 Å². The molecule has 1 heterocycles. The molecule has 0 atom stereocenters. The maximum Gasteiger partial charge on any atom is 0.490 e. The molecule has 0 radical (unpaired) electrons. The summed E-state index contributed by atoms with van der Waals surface area (Å²) in [5.74, 6) is -3.62. The molecule has 1 aromatic heterocycles. The number of hydrogen-bond acceptors (Lipinski definition) is 5. The Balaban J connectivity index is 0.000000396. The van der Waals surface area contributed by atoms with Crippen molar-refractivity contribution >= 4 is 35.1 Å². The van der Waals surface area contributed by atoms with Gasteiger partial charge in [-0.3, -0.25) is 0 Å². The maximum atomic E-state index is 11.0. The number of carboxylic acids is 2. The number of carbonyl (C=O) groups is 2. The van der Waals surface area contributed by atoms with Crippen LogP contribution in [-0.4, -0.2) is 43.7 Å². The summed E-state index contributed by atoms with van der Waals surface area (Å²) in [7, 11) is 0. The zero-order valence-corrected chi connectivity index (χ0v) is 16.0. The standard InChI is InChI=1S/C15H9Cl2N3O3.C2HF3O2/c16-11-6-3-9(7-12(11)17)8-1-4-10(5-2-8)23-14-13(15(21)22)18-20-19-14;3-2(4,5)1(6)7/h1-7H,(H,21,22)(H,18,19,20);(H,6,7). The fourth-order valence-corrected chi connectivity index (χ4v) is 2.23. The Morgan fingerprint density at radius 1 is 0.967 bits per heavy atom. The molecular weight excluding hydrogens is 454 g/mol. The van der Waals surface area contributed by atoms with Gasteiger partial charge in [0.15, 0.2) is 0 Å². The van der Waals surface area contributed by atoms with Crippen LogP contribution >= 0.6 is 23.2 Å². The van der Waals surface area contributed by atoms with Gasteiger partial charge in [0.05, 0.1) is 10.0 Å². The molecule has 0 aliphatic carbocycles. The molecule has 13 heteroatoms. The number of aromatic carboxylic acids is 1. The van der Waals surface area contributed by atoms with Crippen LogP contribution in [-0.2, 0) is 4.79 Å². The molecule has 8 nitrogen and oxygen atoms in total. The number of nitrogens with one attached hydrogen (secondary N) is 1. The summed E-state index contributed by atoms with van der Waals surface area (Å²) < 4.78 is 37.1. The number of carboxylic acid groups (broad SMARTS) is 2. The van der Waals surface area contributed by atoms with Crippen LogP contribution in [0.3, 0.4) is 0 Å². The van der Waals surface area contributed by atoms with E-state index in [4.69, 9.17) is 42.9 Å². The van der Waals surface area contributed by atoms with Crippen molar-refractivity contribution in [3.63, 3.8) is 0 Å². The van der Waals surface area contributed by atoms with Gasteiger partial charge >= 0.3 is 18.1 Å². The Kier molecular flexibility index (Phi) is 7.24. The van der Waals surface area contributed by atoms with Crippen molar-refractivity contribution in [2.45, 2.75) is 6.18 Å². The highest BCUT2D eigenvalue weighted by Gasteiger charge is 2.38. The summed E-state index contributed by atoms with van der Waals surface area (Å²) in [4.78, 5) is 19.9. The molecule has 2 aromatic carbocycles. The first-order valence-corrected chi connectivity index (χ1v) is 8.42. The number of ether oxygens (including phenoxy) is 1. The topological polar surface area (TPSA) is 125 Å². The number of rotatable bonds is 4. The first-order valence-electron chi connectivity index (χ1n) is 7.67. The van der Waals surface area contributed by atoms with E-state index in [1.807, 2.05) is 18.2 Å². The van der Waals surface area contributed by atoms with E-state index in [-0.39, 0.29) is 11.6 Å². The quantitative estimate of drug-likeness (QED) is 0.502. The first-order chi connectivity index (χ1) is 14.0. The van der Waals surface area contributed by atoms with Crippen molar-refractivity contribution in [3.05, 3.63) is 58.2 Å². The lowest BCUT2D eigenvalue weighted by Gasteiger charge is -2.06. The van der Waals surface area contributed by atoms with Crippen molar-refractivity contribution in [3.8, 4) is 22.8 Å². The van der Waals surface area contributed by atoms with Gasteiger partial charge in [-0.15, -0.1) is 0 Å². The normalized spacial score (nSPS) is 10.7. The van der Waals surface area contributed by atoms with Gasteiger partial charge in [-0.1, -0.05) is 51.7 Å². The fraction of sp³-hybridized carbons (Fsp3) is 0.0588. The lowest BCUT2D eigenvalue weighted by Crippen LogP contribution is -2.21. The van der Waals surface area contributed by atoms with Gasteiger partial charge in [0.25, 0.3) is 5.88 Å². The third-order valence-corrected chi connectivity index (χ3v) is 4.03. The number of hydrogen-bond donors (Lipinski definition) is 3. The van der Waals surface area contributed by atoms with E-state index in [1.54, 1.807) is 24.3 Å². The largest absolute Gasteiger partial charge is 0.490 e. The molecule has 0 bridgehead atoms. The van der Waals surface area contributed by atoms with Crippen LogP contribution in [0.5, 0.6) is 11.6 Å². The molecule has 0 aliphatic heterocycles. The minimum absolute atomic E-state index is 0.0974. The second-order valence-corrected chi connectivity index (χ2v) is 6.17. The van der Waals surface area contributed by atoms with Crippen molar-refractivity contribution in [1.82, 2.24) is 15.4 Å². The van der Waals surface area contributed by atoms with Gasteiger partial charge in [0.1, 0.15) is 5.75 Å². The third kappa shape index (κ3) is 6.09. The molecule has 0 saturated heterocycles. The molecule has 30 heavy (non-hydrogen) atoms. The summed E-state index contributed by atoms with van der Waals surface area (Å²) in [5, 5.41) is 26.3. The summed E-state index contributed by atoms with van der Waals surface area (Å²) in [6.07, 6.45) is -5.08. The van der Waals surface area contributed by atoms with E-state index < -0.39 is 18.1 Å². The van der Waals surface area contributed by atoms with Gasteiger partial charge in [-0.2, -0.15) is 13.2 Å². The SMILES string of the molecule is O=C(O)C(F)(F)F.O=C(O)c1[nH]nnc1Oc1ccc(-c2ccc(Cl)c(Cl)c2)cc1. The van der Waals surface area contributed by atoms with E-state index in [2.05, 4.69) is 15.4 Å². The molecule has 0 unspecified atom stereocenters. The molecule has 0 spiro atoms. The maximum absolute atomic E-state index is 11.0. The predicted molar refractivity (Wildman–Crippen MR) is 99.0 cm³/mol. The second-order valence-electron chi connectivity index (χ2n) is 5.36. The van der Waals surface area contributed by atoms with E-state index in [0.29, 0.717) is 15.8 Å². The molecule has 3 rings (SSSR count). The monoisotopic (exact) mass is 463 g/mol. The third-order valence-electron chi connectivity index (χ3n) is 3.29. The number of alkyl halides is 3. The number of aromatic nitrogens is 3. The van der Waals surface area contributed by atoms with Crippen LogP contribution in [0.15, 0.2) is 42.5 Å². The number of benzene rings is 2. The van der Waals surface area contributed by atoms with Crippen LogP contribution < -0.4 is 4.74 Å². The molecule has 3 N–H and O–H groups in total. The van der Waals surface area contributed by atoms with E-state index in [0.717, 1.165) is 11.1 Å². The van der Waals surface area contributed by atoms with Crippen LogP contribution in [0.4, 0.5) is 13.2 Å². The lowest BCUT2D eigenvalue weighted by atomic mass is 10.1. The smallest absolute Gasteiger partial charge is 0.476 e. The van der Waals surface area contributed by atoms with Crippen molar-refractivity contribution in [1.29, 1.82) is 0 Å². The van der Waals surface area contributed by atoms with Gasteiger partial charge < -0.3 is 14.9 Å². The molecule has 0 fully saturated rings. The number of halogens is 5. The summed E-state index contributed by atoms with van der Waals surface area (Å²) in [5.41, 5.74) is 1.60. The number of H-pyrrole nitrogens is 1. The first kappa shape index (κ1) is 23.0. The zero-order chi connectivity index (χ0) is 22.5. The van der Waals surface area contributed by atoms with E-state index in [1.165, 1.54) is 0 Å². The number of aromatic amines is 1. The van der Waals surface area contributed by atoms with Gasteiger partial charge in [-0.05, 0) is 35.4 Å².